The minimum absolute atomic E-state index is 0.163. The quantitative estimate of drug-likeness (QED) is 0.593. The molecule has 1 aromatic heterocycles. The lowest BCUT2D eigenvalue weighted by Gasteiger charge is -1.93. The van der Waals surface area contributed by atoms with Crippen LogP contribution in [0.5, 0.6) is 0 Å². The van der Waals surface area contributed by atoms with Gasteiger partial charge in [-0.05, 0) is 5.56 Å². The maximum absolute atomic E-state index is 10.5. The van der Waals surface area contributed by atoms with E-state index in [9.17, 15) is 9.59 Å². The van der Waals surface area contributed by atoms with Gasteiger partial charge in [-0.3, -0.25) is 9.59 Å². The normalized spacial score (nSPS) is 9.45. The average molecular weight is 152 g/mol. The van der Waals surface area contributed by atoms with Crippen molar-refractivity contribution in [1.29, 1.82) is 0 Å². The Balaban J connectivity index is 2.82. The van der Waals surface area contributed by atoms with Gasteiger partial charge in [-0.15, -0.1) is 0 Å². The fraction of sp³-hybridized carbons (Fsp3) is 0.143. The first kappa shape index (κ1) is 7.53. The maximum atomic E-state index is 10.5. The Morgan fingerprint density at radius 1 is 1.55 bits per heavy atom. The van der Waals surface area contributed by atoms with E-state index in [1.54, 1.807) is 6.07 Å². The highest BCUT2D eigenvalue weighted by Crippen LogP contribution is 1.92. The number of primary amides is 1. The Morgan fingerprint density at radius 3 is 2.73 bits per heavy atom. The number of amides is 1. The van der Waals surface area contributed by atoms with Crippen molar-refractivity contribution in [3.63, 3.8) is 0 Å². The molecule has 0 aliphatic carbocycles. The molecule has 0 aliphatic heterocycles. The third kappa shape index (κ3) is 2.25. The number of H-pyrrole nitrogens is 1. The first-order valence-corrected chi connectivity index (χ1v) is 3.14. The number of aromatic amines is 1. The second kappa shape index (κ2) is 3.01. The van der Waals surface area contributed by atoms with Crippen molar-refractivity contribution in [2.75, 3.05) is 0 Å². The molecule has 4 heteroatoms. The first-order valence-electron chi connectivity index (χ1n) is 3.14. The van der Waals surface area contributed by atoms with Gasteiger partial charge in [0.1, 0.15) is 0 Å². The van der Waals surface area contributed by atoms with E-state index < -0.39 is 5.91 Å². The van der Waals surface area contributed by atoms with Crippen LogP contribution >= 0.6 is 0 Å². The van der Waals surface area contributed by atoms with Crippen LogP contribution in [0.15, 0.2) is 23.1 Å². The summed E-state index contributed by atoms with van der Waals surface area (Å²) in [5.74, 6) is -0.406. The molecule has 0 spiro atoms. The Hall–Kier alpha value is -1.58. The summed E-state index contributed by atoms with van der Waals surface area (Å²) in [4.78, 5) is 23.4. The van der Waals surface area contributed by atoms with Crippen LogP contribution in [0.1, 0.15) is 5.56 Å². The standard InChI is InChI=1S/C7H8N2O2/c8-6(10)3-5-1-2-7(11)9-4-5/h1-2,4H,3H2,(H2,8,10)(H,9,11). The van der Waals surface area contributed by atoms with E-state index in [2.05, 4.69) is 4.98 Å². The molecular formula is C7H8N2O2. The van der Waals surface area contributed by atoms with Crippen molar-refractivity contribution in [1.82, 2.24) is 4.98 Å². The van der Waals surface area contributed by atoms with Crippen LogP contribution in [0.3, 0.4) is 0 Å². The van der Waals surface area contributed by atoms with Crippen molar-refractivity contribution in [2.45, 2.75) is 6.42 Å². The lowest BCUT2D eigenvalue weighted by atomic mass is 10.2. The summed E-state index contributed by atoms with van der Waals surface area (Å²) in [6.07, 6.45) is 1.64. The lowest BCUT2D eigenvalue weighted by Crippen LogP contribution is -2.14. The van der Waals surface area contributed by atoms with Crippen LogP contribution < -0.4 is 11.3 Å². The van der Waals surface area contributed by atoms with Gasteiger partial charge in [0.25, 0.3) is 0 Å². The maximum Gasteiger partial charge on any atom is 0.247 e. The van der Waals surface area contributed by atoms with E-state index >= 15 is 0 Å². The van der Waals surface area contributed by atoms with Crippen molar-refractivity contribution < 1.29 is 4.79 Å². The highest BCUT2D eigenvalue weighted by Gasteiger charge is 1.96. The van der Waals surface area contributed by atoms with Gasteiger partial charge >= 0.3 is 0 Å². The molecule has 4 nitrogen and oxygen atoms in total. The Kier molecular flexibility index (Phi) is 2.06. The number of carbonyl (C=O) groups excluding carboxylic acids is 1. The molecule has 11 heavy (non-hydrogen) atoms. The third-order valence-corrected chi connectivity index (χ3v) is 1.23. The van der Waals surface area contributed by atoms with Gasteiger partial charge in [-0.2, -0.15) is 0 Å². The Morgan fingerprint density at radius 2 is 2.27 bits per heavy atom. The average Bonchev–Trinajstić information content (AvgIpc) is 1.93. The van der Waals surface area contributed by atoms with Gasteiger partial charge in [0.05, 0.1) is 6.42 Å². The molecule has 0 atom stereocenters. The van der Waals surface area contributed by atoms with Crippen LogP contribution in [-0.2, 0) is 11.2 Å². The zero-order chi connectivity index (χ0) is 8.27. The van der Waals surface area contributed by atoms with Crippen molar-refractivity contribution >= 4 is 5.91 Å². The molecule has 0 aliphatic rings. The van der Waals surface area contributed by atoms with E-state index in [-0.39, 0.29) is 12.0 Å². The molecule has 3 N–H and O–H groups in total. The summed E-state index contributed by atoms with van der Waals surface area (Å²) >= 11 is 0. The molecule has 58 valence electrons. The molecule has 0 aromatic carbocycles. The van der Waals surface area contributed by atoms with Crippen LogP contribution in [0.4, 0.5) is 0 Å². The molecular weight excluding hydrogens is 144 g/mol. The van der Waals surface area contributed by atoms with E-state index in [1.165, 1.54) is 12.3 Å². The fourth-order valence-corrected chi connectivity index (χ4v) is 0.754. The van der Waals surface area contributed by atoms with Gasteiger partial charge < -0.3 is 10.7 Å². The molecule has 0 unspecified atom stereocenters. The summed E-state index contributed by atoms with van der Waals surface area (Å²) in [6, 6.07) is 2.93. The van der Waals surface area contributed by atoms with Crippen molar-refractivity contribution in [3.05, 3.63) is 34.2 Å². The van der Waals surface area contributed by atoms with Crippen LogP contribution in [0.25, 0.3) is 0 Å². The van der Waals surface area contributed by atoms with E-state index in [1.807, 2.05) is 0 Å². The zero-order valence-electron chi connectivity index (χ0n) is 5.83. The number of carbonyl (C=O) groups is 1. The lowest BCUT2D eigenvalue weighted by molar-refractivity contribution is -0.117. The molecule has 0 fully saturated rings. The molecule has 1 aromatic rings. The largest absolute Gasteiger partial charge is 0.369 e. The van der Waals surface area contributed by atoms with Gasteiger partial charge in [0.15, 0.2) is 0 Å². The highest BCUT2D eigenvalue weighted by atomic mass is 16.1. The van der Waals surface area contributed by atoms with E-state index in [0.29, 0.717) is 0 Å². The third-order valence-electron chi connectivity index (χ3n) is 1.23. The first-order chi connectivity index (χ1) is 5.18. The number of nitrogens with one attached hydrogen (secondary N) is 1. The zero-order valence-corrected chi connectivity index (χ0v) is 5.83. The van der Waals surface area contributed by atoms with Gasteiger partial charge in [-0.25, -0.2) is 0 Å². The number of pyridine rings is 1. The molecule has 0 radical (unpaired) electrons. The number of hydrogen-bond donors (Lipinski definition) is 2. The number of rotatable bonds is 2. The summed E-state index contributed by atoms with van der Waals surface area (Å²) in [6.45, 7) is 0. The van der Waals surface area contributed by atoms with Gasteiger partial charge in [0, 0.05) is 12.3 Å². The molecule has 0 saturated carbocycles. The van der Waals surface area contributed by atoms with Crippen molar-refractivity contribution in [2.24, 2.45) is 5.73 Å². The summed E-state index contributed by atoms with van der Waals surface area (Å²) in [5.41, 5.74) is 5.47. The minimum Gasteiger partial charge on any atom is -0.369 e. The van der Waals surface area contributed by atoms with E-state index in [0.717, 1.165) is 5.56 Å². The summed E-state index contributed by atoms with van der Waals surface area (Å²) in [7, 11) is 0. The smallest absolute Gasteiger partial charge is 0.247 e. The predicted octanol–water partition coefficient (Wildman–Crippen LogP) is -0.597. The topological polar surface area (TPSA) is 76.0 Å². The molecule has 1 heterocycles. The Bertz CT molecular complexity index is 296. The van der Waals surface area contributed by atoms with Gasteiger partial charge in [0.2, 0.25) is 11.5 Å². The molecule has 1 amide bonds. The van der Waals surface area contributed by atoms with Gasteiger partial charge in [-0.1, -0.05) is 6.07 Å². The van der Waals surface area contributed by atoms with Crippen LogP contribution in [0.2, 0.25) is 0 Å². The second-order valence-electron chi connectivity index (χ2n) is 2.20. The molecule has 0 saturated heterocycles. The molecule has 1 rings (SSSR count). The molecule has 0 bridgehead atoms. The highest BCUT2D eigenvalue weighted by molar-refractivity contribution is 5.76. The minimum atomic E-state index is -0.406. The predicted molar refractivity (Wildman–Crippen MR) is 40.0 cm³/mol. The Labute approximate surface area is 63.0 Å². The number of nitrogens with two attached hydrogens (primary N) is 1. The van der Waals surface area contributed by atoms with Crippen molar-refractivity contribution in [3.8, 4) is 0 Å². The monoisotopic (exact) mass is 152 g/mol. The number of aromatic nitrogens is 1. The van der Waals surface area contributed by atoms with Crippen LogP contribution in [-0.4, -0.2) is 10.9 Å². The SMILES string of the molecule is NC(=O)Cc1ccc(=O)[nH]c1. The summed E-state index contributed by atoms with van der Waals surface area (Å²) < 4.78 is 0. The van der Waals surface area contributed by atoms with E-state index in [4.69, 9.17) is 5.73 Å². The van der Waals surface area contributed by atoms with Crippen LogP contribution in [0, 0.1) is 0 Å². The second-order valence-corrected chi connectivity index (χ2v) is 2.20. The fourth-order valence-electron chi connectivity index (χ4n) is 0.754. The summed E-state index contributed by atoms with van der Waals surface area (Å²) in [5, 5.41) is 0. The number of hydrogen-bond acceptors (Lipinski definition) is 2.